The number of anilines is 1. The van der Waals surface area contributed by atoms with Crippen LogP contribution in [-0.2, 0) is 32.7 Å². The van der Waals surface area contributed by atoms with Crippen molar-refractivity contribution in [2.45, 2.75) is 38.0 Å². The summed E-state index contributed by atoms with van der Waals surface area (Å²) in [5.74, 6) is 0.149. The van der Waals surface area contributed by atoms with Crippen LogP contribution in [0.5, 0.6) is 0 Å². The van der Waals surface area contributed by atoms with Crippen molar-refractivity contribution in [1.82, 2.24) is 10.2 Å². The van der Waals surface area contributed by atoms with Crippen LogP contribution in [0.4, 0.5) is 5.69 Å². The van der Waals surface area contributed by atoms with Crippen molar-refractivity contribution < 1.29 is 17.9 Å². The van der Waals surface area contributed by atoms with E-state index < -0.39 is 16.1 Å². The van der Waals surface area contributed by atoms with Crippen LogP contribution in [0.1, 0.15) is 35.4 Å². The average molecular weight is 605 g/mol. The molecule has 1 fully saturated rings. The minimum Gasteiger partial charge on any atom is -0.375 e. The summed E-state index contributed by atoms with van der Waals surface area (Å²) in [7, 11) is -1.81. The Kier molecular flexibility index (Phi) is 10.5. The third-order valence-electron chi connectivity index (χ3n) is 7.25. The van der Waals surface area contributed by atoms with Gasteiger partial charge in [0.1, 0.15) is 6.04 Å². The van der Waals surface area contributed by atoms with Gasteiger partial charge in [0.25, 0.3) is 0 Å². The van der Waals surface area contributed by atoms with E-state index in [0.29, 0.717) is 42.0 Å². The summed E-state index contributed by atoms with van der Waals surface area (Å²) in [5, 5.41) is 4.33. The lowest BCUT2D eigenvalue weighted by molar-refractivity contribution is -0.136. The molecule has 1 aliphatic heterocycles. The van der Waals surface area contributed by atoms with Gasteiger partial charge in [-0.2, -0.15) is 0 Å². The van der Waals surface area contributed by atoms with Crippen LogP contribution in [0.25, 0.3) is 0 Å². The number of rotatable bonds is 11. The van der Waals surface area contributed by atoms with Crippen LogP contribution < -0.4 is 9.62 Å². The Labute approximate surface area is 247 Å². The topological polar surface area (TPSA) is 79.0 Å². The summed E-state index contributed by atoms with van der Waals surface area (Å²) in [6, 6.07) is 22.4. The molecule has 0 spiro atoms. The van der Waals surface area contributed by atoms with Crippen molar-refractivity contribution in [1.29, 1.82) is 0 Å². The second-order valence-corrected chi connectivity index (χ2v) is 12.9. The van der Waals surface area contributed by atoms with E-state index in [1.807, 2.05) is 65.6 Å². The van der Waals surface area contributed by atoms with E-state index in [4.69, 9.17) is 27.9 Å². The number of ether oxygens (including phenoxy) is 1. The number of piperidine rings is 1. The number of benzene rings is 3. The standard InChI is InChI=1S/C30H35Cl2N3O4S/c1-34(40(2,37)38)29-11-7-6-10-25(29)24-14-16-35(17-15-24)30(36)28(33-19-22-8-4-3-5-9-22)21-39-20-23-12-13-26(31)27(32)18-23/h3-13,18,24,28,33H,14-17,19-21H2,1-2H3. The van der Waals surface area contributed by atoms with E-state index >= 15 is 0 Å². The first kappa shape index (κ1) is 30.3. The van der Waals surface area contributed by atoms with Crippen molar-refractivity contribution in [3.63, 3.8) is 0 Å². The van der Waals surface area contributed by atoms with E-state index in [9.17, 15) is 13.2 Å². The number of hydrogen-bond acceptors (Lipinski definition) is 5. The lowest BCUT2D eigenvalue weighted by Gasteiger charge is -2.36. The molecule has 1 amide bonds. The summed E-state index contributed by atoms with van der Waals surface area (Å²) in [6.07, 6.45) is 2.70. The number of likely N-dealkylation sites (tertiary alicyclic amines) is 1. The van der Waals surface area contributed by atoms with Crippen LogP contribution in [0.3, 0.4) is 0 Å². The van der Waals surface area contributed by atoms with Gasteiger partial charge in [0.15, 0.2) is 0 Å². The van der Waals surface area contributed by atoms with Gasteiger partial charge >= 0.3 is 0 Å². The molecule has 1 unspecified atom stereocenters. The minimum atomic E-state index is -3.38. The minimum absolute atomic E-state index is 0.00920. The number of nitrogens with zero attached hydrogens (tertiary/aromatic N) is 2. The maximum absolute atomic E-state index is 13.7. The number of halogens is 2. The number of para-hydroxylation sites is 1. The molecule has 3 aromatic rings. The molecule has 0 aromatic heterocycles. The molecule has 1 N–H and O–H groups in total. The highest BCUT2D eigenvalue weighted by Crippen LogP contribution is 2.35. The van der Waals surface area contributed by atoms with Gasteiger partial charge in [0.2, 0.25) is 15.9 Å². The highest BCUT2D eigenvalue weighted by atomic mass is 35.5. The Morgan fingerprint density at radius 1 is 1.00 bits per heavy atom. The molecule has 214 valence electrons. The van der Waals surface area contributed by atoms with Crippen molar-refractivity contribution in [3.8, 4) is 0 Å². The van der Waals surface area contributed by atoms with Gasteiger partial charge < -0.3 is 9.64 Å². The molecule has 1 saturated heterocycles. The number of carbonyl (C=O) groups excluding carboxylic acids is 1. The largest absolute Gasteiger partial charge is 0.375 e. The zero-order valence-electron chi connectivity index (χ0n) is 22.7. The molecular weight excluding hydrogens is 569 g/mol. The van der Waals surface area contributed by atoms with Gasteiger partial charge in [-0.3, -0.25) is 14.4 Å². The number of amides is 1. The van der Waals surface area contributed by atoms with Gasteiger partial charge in [0.05, 0.1) is 35.2 Å². The van der Waals surface area contributed by atoms with Crippen molar-refractivity contribution >= 4 is 44.8 Å². The van der Waals surface area contributed by atoms with E-state index in [2.05, 4.69) is 5.32 Å². The fraction of sp³-hybridized carbons (Fsp3) is 0.367. The van der Waals surface area contributed by atoms with Gasteiger partial charge in [-0.05, 0) is 53.6 Å². The predicted molar refractivity (Wildman–Crippen MR) is 161 cm³/mol. The zero-order chi connectivity index (χ0) is 28.7. The SMILES string of the molecule is CN(c1ccccc1C1CCN(C(=O)C(COCc2ccc(Cl)c(Cl)c2)NCc2ccccc2)CC1)S(C)(=O)=O. The monoisotopic (exact) mass is 603 g/mol. The number of nitrogens with one attached hydrogen (secondary N) is 1. The summed E-state index contributed by atoms with van der Waals surface area (Å²) in [4.78, 5) is 15.5. The quantitative estimate of drug-likeness (QED) is 0.314. The van der Waals surface area contributed by atoms with Gasteiger partial charge in [-0.1, -0.05) is 77.8 Å². The van der Waals surface area contributed by atoms with E-state index in [-0.39, 0.29) is 18.4 Å². The van der Waals surface area contributed by atoms with Gasteiger partial charge in [-0.15, -0.1) is 0 Å². The molecule has 0 bridgehead atoms. The molecule has 10 heteroatoms. The van der Waals surface area contributed by atoms with Crippen LogP contribution in [0.2, 0.25) is 10.0 Å². The lowest BCUT2D eigenvalue weighted by atomic mass is 9.88. The molecule has 4 rings (SSSR count). The molecule has 40 heavy (non-hydrogen) atoms. The first-order valence-electron chi connectivity index (χ1n) is 13.2. The third kappa shape index (κ3) is 7.98. The molecule has 7 nitrogen and oxygen atoms in total. The Balaban J connectivity index is 1.41. The van der Waals surface area contributed by atoms with Crippen molar-refractivity contribution in [2.24, 2.45) is 0 Å². The predicted octanol–water partition coefficient (Wildman–Crippen LogP) is 5.47. The highest BCUT2D eigenvalue weighted by molar-refractivity contribution is 7.92. The first-order valence-corrected chi connectivity index (χ1v) is 15.8. The zero-order valence-corrected chi connectivity index (χ0v) is 25.1. The molecular formula is C30H35Cl2N3O4S. The molecule has 0 radical (unpaired) electrons. The van der Waals surface area contributed by atoms with Crippen molar-refractivity contribution in [3.05, 3.63) is 99.5 Å². The Morgan fingerprint density at radius 2 is 1.68 bits per heavy atom. The second kappa shape index (κ2) is 13.8. The Bertz CT molecular complexity index is 1400. The molecule has 3 aromatic carbocycles. The summed E-state index contributed by atoms with van der Waals surface area (Å²) in [6.45, 7) is 2.21. The highest BCUT2D eigenvalue weighted by Gasteiger charge is 2.30. The van der Waals surface area contributed by atoms with E-state index in [1.54, 1.807) is 19.2 Å². The fourth-order valence-electron chi connectivity index (χ4n) is 4.91. The van der Waals surface area contributed by atoms with Crippen LogP contribution >= 0.6 is 23.2 Å². The summed E-state index contributed by atoms with van der Waals surface area (Å²) >= 11 is 12.2. The fourth-order valence-corrected chi connectivity index (χ4v) is 5.75. The van der Waals surface area contributed by atoms with Crippen LogP contribution in [-0.4, -0.2) is 58.3 Å². The van der Waals surface area contributed by atoms with Crippen LogP contribution in [0, 0.1) is 0 Å². The van der Waals surface area contributed by atoms with Gasteiger partial charge in [0, 0.05) is 26.7 Å². The molecule has 1 aliphatic rings. The molecule has 1 atom stereocenters. The third-order valence-corrected chi connectivity index (χ3v) is 9.18. The van der Waals surface area contributed by atoms with E-state index in [0.717, 1.165) is 29.5 Å². The first-order chi connectivity index (χ1) is 19.1. The molecule has 0 aliphatic carbocycles. The Hall–Kier alpha value is -2.62. The normalized spacial score (nSPS) is 15.2. The number of carbonyl (C=O) groups is 1. The average Bonchev–Trinajstić information content (AvgIpc) is 2.96. The maximum Gasteiger partial charge on any atom is 0.242 e. The Morgan fingerprint density at radius 3 is 2.35 bits per heavy atom. The summed E-state index contributed by atoms with van der Waals surface area (Å²) in [5.41, 5.74) is 3.64. The van der Waals surface area contributed by atoms with Crippen LogP contribution in [0.15, 0.2) is 72.8 Å². The smallest absolute Gasteiger partial charge is 0.242 e. The molecule has 1 heterocycles. The number of sulfonamides is 1. The van der Waals surface area contributed by atoms with E-state index in [1.165, 1.54) is 10.6 Å². The second-order valence-electron chi connectivity index (χ2n) is 10.1. The van der Waals surface area contributed by atoms with Gasteiger partial charge in [-0.25, -0.2) is 8.42 Å². The van der Waals surface area contributed by atoms with Crippen molar-refractivity contribution in [2.75, 3.05) is 37.3 Å². The lowest BCUT2D eigenvalue weighted by Crippen LogP contribution is -2.50. The number of hydrogen-bond donors (Lipinski definition) is 1. The maximum atomic E-state index is 13.7. The summed E-state index contributed by atoms with van der Waals surface area (Å²) < 4.78 is 31.7. The molecule has 0 saturated carbocycles.